The molecule has 7 nitrogen and oxygen atoms in total. The highest BCUT2D eigenvalue weighted by Crippen LogP contribution is 2.48. The summed E-state index contributed by atoms with van der Waals surface area (Å²) in [7, 11) is 2.20. The van der Waals surface area contributed by atoms with Crippen LogP contribution >= 0.6 is 0 Å². The van der Waals surface area contributed by atoms with Gasteiger partial charge in [0.05, 0.1) is 18.8 Å². The van der Waals surface area contributed by atoms with Crippen LogP contribution in [0, 0.1) is 5.41 Å². The molecule has 38 heavy (non-hydrogen) atoms. The average Bonchev–Trinajstić information content (AvgIpc) is 3.24. The van der Waals surface area contributed by atoms with Gasteiger partial charge in [0.1, 0.15) is 11.8 Å². The quantitative estimate of drug-likeness (QED) is 0.443. The van der Waals surface area contributed by atoms with Crippen molar-refractivity contribution in [3.63, 3.8) is 0 Å². The van der Waals surface area contributed by atoms with Crippen molar-refractivity contribution < 1.29 is 14.3 Å². The fourth-order valence-corrected chi connectivity index (χ4v) is 6.24. The van der Waals surface area contributed by atoms with Crippen LogP contribution < -0.4 is 11.1 Å². The molecule has 1 spiro atoms. The largest absolute Gasteiger partial charge is 0.374 e. The van der Waals surface area contributed by atoms with E-state index in [0.29, 0.717) is 25.5 Å². The summed E-state index contributed by atoms with van der Waals surface area (Å²) in [4.78, 5) is 30.8. The summed E-state index contributed by atoms with van der Waals surface area (Å²) in [5.74, 6) is 0.100. The Morgan fingerprint density at radius 1 is 1.16 bits per heavy atom. The van der Waals surface area contributed by atoms with Crippen LogP contribution in [0.25, 0.3) is 0 Å². The number of likely N-dealkylation sites (N-methyl/N-ethyl adjacent to an activating group) is 1. The summed E-state index contributed by atoms with van der Waals surface area (Å²) in [6.45, 7) is 8.22. The van der Waals surface area contributed by atoms with E-state index in [-0.39, 0.29) is 17.9 Å². The lowest BCUT2D eigenvalue weighted by atomic mass is 9.69. The Hall–Kier alpha value is -2.58. The van der Waals surface area contributed by atoms with Crippen molar-refractivity contribution in [3.05, 3.63) is 71.8 Å². The molecule has 3 N–H and O–H groups in total. The number of carbonyl (C=O) groups excluding carboxylic acids is 2. The number of piperidine rings is 1. The fraction of sp³-hybridized carbons (Fsp3) is 0.548. The Morgan fingerprint density at radius 3 is 2.50 bits per heavy atom. The highest BCUT2D eigenvalue weighted by molar-refractivity contribution is 5.89. The minimum Gasteiger partial charge on any atom is -0.374 e. The molecule has 0 aliphatic carbocycles. The molecule has 2 aliphatic heterocycles. The molecule has 0 radical (unpaired) electrons. The molecular formula is C31H44N4O3. The van der Waals surface area contributed by atoms with Crippen LogP contribution in [0.5, 0.6) is 0 Å². The molecule has 0 saturated carbocycles. The number of nitrogens with zero attached hydrogens (tertiary/aromatic N) is 2. The molecule has 2 aromatic rings. The van der Waals surface area contributed by atoms with Gasteiger partial charge in [-0.2, -0.15) is 0 Å². The standard InChI is InChI=1S/C31H44N4O3/c1-4-29(2,32)28(37)33-31(23-36,24-38-19-25-12-7-5-8-13-25)22-35-17-11-16-30(21-35)20-34(3)18-27(30)26-14-9-6-10-15-26/h5-10,12-15,23,27H,4,11,16-22,24,32H2,1-3H3,(H,33,37). The predicted molar refractivity (Wildman–Crippen MR) is 151 cm³/mol. The van der Waals surface area contributed by atoms with E-state index in [9.17, 15) is 9.59 Å². The van der Waals surface area contributed by atoms with Crippen molar-refractivity contribution in [2.75, 3.05) is 46.4 Å². The second-order valence-electron chi connectivity index (χ2n) is 11.8. The van der Waals surface area contributed by atoms with Gasteiger partial charge in [-0.1, -0.05) is 67.6 Å². The van der Waals surface area contributed by atoms with Crippen LogP contribution in [0.15, 0.2) is 60.7 Å². The number of aldehydes is 1. The summed E-state index contributed by atoms with van der Waals surface area (Å²) in [6.07, 6.45) is 3.53. The maximum Gasteiger partial charge on any atom is 0.240 e. The first-order chi connectivity index (χ1) is 18.2. The van der Waals surface area contributed by atoms with Gasteiger partial charge in [-0.15, -0.1) is 0 Å². The third kappa shape index (κ3) is 6.52. The van der Waals surface area contributed by atoms with Gasteiger partial charge in [-0.25, -0.2) is 0 Å². The van der Waals surface area contributed by atoms with E-state index < -0.39 is 11.1 Å². The van der Waals surface area contributed by atoms with Gasteiger partial charge in [-0.3, -0.25) is 9.69 Å². The summed E-state index contributed by atoms with van der Waals surface area (Å²) in [5, 5.41) is 3.03. The van der Waals surface area contributed by atoms with Gasteiger partial charge in [0.25, 0.3) is 0 Å². The highest BCUT2D eigenvalue weighted by Gasteiger charge is 2.49. The molecule has 0 aromatic heterocycles. The van der Waals surface area contributed by atoms with E-state index in [1.807, 2.05) is 37.3 Å². The molecule has 2 aliphatic rings. The van der Waals surface area contributed by atoms with Gasteiger partial charge in [0, 0.05) is 37.5 Å². The molecule has 4 atom stereocenters. The van der Waals surface area contributed by atoms with Crippen molar-refractivity contribution in [1.82, 2.24) is 15.1 Å². The Kier molecular flexibility index (Phi) is 9.04. The third-order valence-electron chi connectivity index (χ3n) is 8.53. The molecule has 1 amide bonds. The average molecular weight is 521 g/mol. The van der Waals surface area contributed by atoms with E-state index in [1.165, 1.54) is 5.56 Å². The monoisotopic (exact) mass is 520 g/mol. The second kappa shape index (κ2) is 12.1. The zero-order valence-corrected chi connectivity index (χ0v) is 23.2. The van der Waals surface area contributed by atoms with Crippen molar-refractivity contribution in [1.29, 1.82) is 0 Å². The number of hydrogen-bond donors (Lipinski definition) is 2. The van der Waals surface area contributed by atoms with E-state index >= 15 is 0 Å². The molecule has 206 valence electrons. The van der Waals surface area contributed by atoms with Crippen LogP contribution in [-0.2, 0) is 20.9 Å². The summed E-state index contributed by atoms with van der Waals surface area (Å²) in [6, 6.07) is 20.7. The van der Waals surface area contributed by atoms with Crippen LogP contribution in [-0.4, -0.2) is 79.4 Å². The van der Waals surface area contributed by atoms with Crippen molar-refractivity contribution in [2.24, 2.45) is 11.1 Å². The maximum atomic E-state index is 13.2. The maximum absolute atomic E-state index is 13.2. The topological polar surface area (TPSA) is 87.9 Å². The summed E-state index contributed by atoms with van der Waals surface area (Å²) < 4.78 is 6.07. The minimum atomic E-state index is -1.19. The number of hydrogen-bond acceptors (Lipinski definition) is 6. The zero-order chi connectivity index (χ0) is 27.2. The van der Waals surface area contributed by atoms with Gasteiger partial charge < -0.3 is 25.5 Å². The van der Waals surface area contributed by atoms with Crippen LogP contribution in [0.2, 0.25) is 0 Å². The predicted octanol–water partition coefficient (Wildman–Crippen LogP) is 3.20. The van der Waals surface area contributed by atoms with Crippen molar-refractivity contribution >= 4 is 12.2 Å². The Morgan fingerprint density at radius 2 is 1.84 bits per heavy atom. The van der Waals surface area contributed by atoms with E-state index in [0.717, 1.165) is 50.9 Å². The normalized spacial score (nSPS) is 25.5. The number of carbonyl (C=O) groups is 2. The molecular weight excluding hydrogens is 476 g/mol. The van der Waals surface area contributed by atoms with Crippen LogP contribution in [0.1, 0.15) is 50.2 Å². The molecule has 4 unspecified atom stereocenters. The minimum absolute atomic E-state index is 0.0858. The lowest BCUT2D eigenvalue weighted by Crippen LogP contribution is -2.66. The smallest absolute Gasteiger partial charge is 0.240 e. The molecule has 2 aromatic carbocycles. The van der Waals surface area contributed by atoms with Gasteiger partial charge in [0.15, 0.2) is 0 Å². The highest BCUT2D eigenvalue weighted by atomic mass is 16.5. The fourth-order valence-electron chi connectivity index (χ4n) is 6.24. The first kappa shape index (κ1) is 28.4. The number of likely N-dealkylation sites (tertiary alicyclic amines) is 2. The Labute approximate surface area is 227 Å². The SMILES string of the molecule is CCC(C)(N)C(=O)NC(C=O)(COCc1ccccc1)CN1CCCC2(CN(C)CC2c2ccccc2)C1. The number of rotatable bonds is 11. The van der Waals surface area contributed by atoms with Gasteiger partial charge >= 0.3 is 0 Å². The Bertz CT molecular complexity index is 1060. The van der Waals surface area contributed by atoms with Crippen molar-refractivity contribution in [3.8, 4) is 0 Å². The molecule has 0 bridgehead atoms. The summed E-state index contributed by atoms with van der Waals surface area (Å²) in [5.41, 5.74) is 6.52. The second-order valence-corrected chi connectivity index (χ2v) is 11.8. The number of nitrogens with one attached hydrogen (secondary N) is 1. The van der Waals surface area contributed by atoms with Gasteiger partial charge in [0.2, 0.25) is 5.91 Å². The van der Waals surface area contributed by atoms with Crippen LogP contribution in [0.3, 0.4) is 0 Å². The number of ether oxygens (including phenoxy) is 1. The third-order valence-corrected chi connectivity index (χ3v) is 8.53. The molecule has 7 heteroatoms. The van der Waals surface area contributed by atoms with Gasteiger partial charge in [-0.05, 0) is 50.9 Å². The number of benzene rings is 2. The van der Waals surface area contributed by atoms with E-state index in [1.54, 1.807) is 6.92 Å². The lowest BCUT2D eigenvalue weighted by Gasteiger charge is -2.46. The lowest BCUT2D eigenvalue weighted by molar-refractivity contribution is -0.133. The van der Waals surface area contributed by atoms with Crippen LogP contribution in [0.4, 0.5) is 0 Å². The molecule has 4 rings (SSSR count). The Balaban J connectivity index is 1.54. The molecule has 2 heterocycles. The van der Waals surface area contributed by atoms with E-state index in [4.69, 9.17) is 10.5 Å². The number of amides is 1. The van der Waals surface area contributed by atoms with E-state index in [2.05, 4.69) is 52.5 Å². The first-order valence-corrected chi connectivity index (χ1v) is 13.9. The molecule has 2 saturated heterocycles. The zero-order valence-electron chi connectivity index (χ0n) is 23.2. The number of nitrogens with two attached hydrogens (primary N) is 1. The molecule has 2 fully saturated rings. The van der Waals surface area contributed by atoms with Crippen molar-refractivity contribution in [2.45, 2.75) is 56.7 Å². The summed E-state index contributed by atoms with van der Waals surface area (Å²) >= 11 is 0. The first-order valence-electron chi connectivity index (χ1n) is 13.9.